The van der Waals surface area contributed by atoms with Crippen LogP contribution in [0.2, 0.25) is 0 Å². The maximum atomic E-state index is 12.8. The fraction of sp³-hybridized carbons (Fsp3) is 0.286. The second kappa shape index (κ2) is 8.08. The summed E-state index contributed by atoms with van der Waals surface area (Å²) in [5.74, 6) is -0.206. The van der Waals surface area contributed by atoms with Crippen LogP contribution in [0.15, 0.2) is 36.9 Å². The largest absolute Gasteiger partial charge is 0.346 e. The molecule has 148 valence electrons. The number of amides is 2. The van der Waals surface area contributed by atoms with Crippen LogP contribution in [0.1, 0.15) is 47.4 Å². The van der Waals surface area contributed by atoms with Crippen LogP contribution in [0.4, 0.5) is 0 Å². The van der Waals surface area contributed by atoms with E-state index in [-0.39, 0.29) is 17.5 Å². The standard InChI is InChI=1S/C21H21N5O2S/c1-13-3-4-19(29-13)21(28)26-8-5-16-15(12-26)9-24-14(2)17(16)10-25-20(27)18-11-22-6-7-23-18/h3-4,6-7,9,11H,5,8,10,12H2,1-2H3,(H,25,27). The minimum atomic E-state index is -0.268. The molecule has 0 aliphatic carbocycles. The fourth-order valence-electron chi connectivity index (χ4n) is 3.51. The van der Waals surface area contributed by atoms with Gasteiger partial charge in [-0.2, -0.15) is 0 Å². The summed E-state index contributed by atoms with van der Waals surface area (Å²) in [7, 11) is 0. The Morgan fingerprint density at radius 3 is 2.76 bits per heavy atom. The van der Waals surface area contributed by atoms with Crippen LogP contribution in [0.3, 0.4) is 0 Å². The molecule has 3 aromatic rings. The molecule has 0 fully saturated rings. The highest BCUT2D eigenvalue weighted by Gasteiger charge is 2.25. The Balaban J connectivity index is 1.50. The summed E-state index contributed by atoms with van der Waals surface area (Å²) in [5, 5.41) is 2.91. The predicted molar refractivity (Wildman–Crippen MR) is 110 cm³/mol. The number of hydrogen-bond donors (Lipinski definition) is 1. The van der Waals surface area contributed by atoms with Gasteiger partial charge in [0.25, 0.3) is 11.8 Å². The first-order valence-corrected chi connectivity index (χ1v) is 10.2. The van der Waals surface area contributed by atoms with Gasteiger partial charge in [-0.3, -0.25) is 19.6 Å². The van der Waals surface area contributed by atoms with E-state index >= 15 is 0 Å². The average molecular weight is 407 g/mol. The van der Waals surface area contributed by atoms with E-state index in [1.807, 2.05) is 37.1 Å². The first-order chi connectivity index (χ1) is 14.0. The highest BCUT2D eigenvalue weighted by molar-refractivity contribution is 7.13. The normalized spacial score (nSPS) is 13.1. The molecule has 3 aromatic heterocycles. The second-order valence-electron chi connectivity index (χ2n) is 6.99. The van der Waals surface area contributed by atoms with Crippen LogP contribution in [0, 0.1) is 13.8 Å². The Morgan fingerprint density at radius 1 is 1.17 bits per heavy atom. The zero-order valence-corrected chi connectivity index (χ0v) is 17.1. The summed E-state index contributed by atoms with van der Waals surface area (Å²) in [6, 6.07) is 3.86. The number of carbonyl (C=O) groups excluding carboxylic acids is 2. The van der Waals surface area contributed by atoms with Crippen molar-refractivity contribution in [3.63, 3.8) is 0 Å². The lowest BCUT2D eigenvalue weighted by atomic mass is 9.94. The SMILES string of the molecule is Cc1ccc(C(=O)N2CCc3c(cnc(C)c3CNC(=O)c3cnccn3)C2)s1. The number of aromatic nitrogens is 3. The number of hydrogen-bond acceptors (Lipinski definition) is 6. The van der Waals surface area contributed by atoms with Gasteiger partial charge in [0.05, 0.1) is 11.1 Å². The molecular formula is C21H21N5O2S. The van der Waals surface area contributed by atoms with E-state index in [9.17, 15) is 9.59 Å². The van der Waals surface area contributed by atoms with Crippen LogP contribution in [-0.4, -0.2) is 38.2 Å². The van der Waals surface area contributed by atoms with Gasteiger partial charge in [-0.15, -0.1) is 11.3 Å². The Hall–Kier alpha value is -3.13. The minimum Gasteiger partial charge on any atom is -0.346 e. The Labute approximate surface area is 172 Å². The maximum absolute atomic E-state index is 12.8. The molecule has 0 unspecified atom stereocenters. The summed E-state index contributed by atoms with van der Waals surface area (Å²) in [6.07, 6.45) is 7.05. The fourth-order valence-corrected chi connectivity index (χ4v) is 4.35. The first kappa shape index (κ1) is 19.2. The molecule has 0 saturated heterocycles. The number of nitrogens with zero attached hydrogens (tertiary/aromatic N) is 4. The van der Waals surface area contributed by atoms with Crippen molar-refractivity contribution >= 4 is 23.2 Å². The lowest BCUT2D eigenvalue weighted by molar-refractivity contribution is 0.0739. The first-order valence-electron chi connectivity index (χ1n) is 9.39. The van der Waals surface area contributed by atoms with Gasteiger partial charge >= 0.3 is 0 Å². The van der Waals surface area contributed by atoms with Crippen molar-refractivity contribution in [3.05, 3.63) is 74.8 Å². The van der Waals surface area contributed by atoms with E-state index < -0.39 is 0 Å². The molecule has 29 heavy (non-hydrogen) atoms. The number of nitrogens with one attached hydrogen (secondary N) is 1. The maximum Gasteiger partial charge on any atom is 0.271 e. The van der Waals surface area contributed by atoms with Crippen LogP contribution in [0.5, 0.6) is 0 Å². The number of carbonyl (C=O) groups is 2. The van der Waals surface area contributed by atoms with Crippen molar-refractivity contribution in [2.75, 3.05) is 6.54 Å². The van der Waals surface area contributed by atoms with Gasteiger partial charge in [-0.1, -0.05) is 0 Å². The van der Waals surface area contributed by atoms with Crippen LogP contribution >= 0.6 is 11.3 Å². The van der Waals surface area contributed by atoms with Gasteiger partial charge < -0.3 is 10.2 Å². The molecule has 4 rings (SSSR count). The van der Waals surface area contributed by atoms with Crippen molar-refractivity contribution in [2.45, 2.75) is 33.4 Å². The molecule has 8 heteroatoms. The van der Waals surface area contributed by atoms with Crippen LogP contribution in [-0.2, 0) is 19.5 Å². The molecule has 0 aromatic carbocycles. The molecule has 2 amide bonds. The van der Waals surface area contributed by atoms with Crippen LogP contribution < -0.4 is 5.32 Å². The van der Waals surface area contributed by atoms with E-state index in [0.29, 0.717) is 19.6 Å². The van der Waals surface area contributed by atoms with Crippen molar-refractivity contribution in [1.82, 2.24) is 25.2 Å². The molecule has 1 N–H and O–H groups in total. The minimum absolute atomic E-state index is 0.0619. The summed E-state index contributed by atoms with van der Waals surface area (Å²) in [4.78, 5) is 41.3. The molecule has 0 atom stereocenters. The van der Waals surface area contributed by atoms with E-state index in [1.54, 1.807) is 0 Å². The van der Waals surface area contributed by atoms with E-state index in [0.717, 1.165) is 33.0 Å². The molecule has 0 spiro atoms. The van der Waals surface area contributed by atoms with Crippen LogP contribution in [0.25, 0.3) is 0 Å². The quantitative estimate of drug-likeness (QED) is 0.718. The van der Waals surface area contributed by atoms with E-state index in [4.69, 9.17) is 0 Å². The van der Waals surface area contributed by atoms with Crippen molar-refractivity contribution in [3.8, 4) is 0 Å². The molecule has 1 aliphatic heterocycles. The lowest BCUT2D eigenvalue weighted by Crippen LogP contribution is -2.36. The van der Waals surface area contributed by atoms with Crippen molar-refractivity contribution < 1.29 is 9.59 Å². The Kier molecular flexibility index (Phi) is 5.35. The summed E-state index contributed by atoms with van der Waals surface area (Å²) < 4.78 is 0. The number of fused-ring (bicyclic) bond motifs is 1. The predicted octanol–water partition coefficient (Wildman–Crippen LogP) is 2.68. The van der Waals surface area contributed by atoms with E-state index in [2.05, 4.69) is 20.3 Å². The van der Waals surface area contributed by atoms with Gasteiger partial charge in [0.2, 0.25) is 0 Å². The average Bonchev–Trinajstić information content (AvgIpc) is 3.19. The molecule has 4 heterocycles. The molecule has 7 nitrogen and oxygen atoms in total. The highest BCUT2D eigenvalue weighted by Crippen LogP contribution is 2.26. The number of pyridine rings is 1. The third-order valence-electron chi connectivity index (χ3n) is 5.06. The topological polar surface area (TPSA) is 88.1 Å². The van der Waals surface area contributed by atoms with Gasteiger partial charge in [0.15, 0.2) is 0 Å². The summed E-state index contributed by atoms with van der Waals surface area (Å²) in [6.45, 7) is 5.49. The lowest BCUT2D eigenvalue weighted by Gasteiger charge is -2.30. The van der Waals surface area contributed by atoms with Crippen molar-refractivity contribution in [1.29, 1.82) is 0 Å². The molecule has 0 radical (unpaired) electrons. The third-order valence-corrected chi connectivity index (χ3v) is 6.04. The number of aryl methyl sites for hydroxylation is 2. The smallest absolute Gasteiger partial charge is 0.271 e. The van der Waals surface area contributed by atoms with E-state index in [1.165, 1.54) is 35.5 Å². The number of thiophene rings is 1. The molecular weight excluding hydrogens is 386 g/mol. The highest BCUT2D eigenvalue weighted by atomic mass is 32.1. The number of rotatable bonds is 4. The Bertz CT molecular complexity index is 1060. The van der Waals surface area contributed by atoms with Gasteiger partial charge in [-0.25, -0.2) is 4.98 Å². The monoisotopic (exact) mass is 407 g/mol. The zero-order chi connectivity index (χ0) is 20.4. The van der Waals surface area contributed by atoms with Gasteiger partial charge in [-0.05, 0) is 49.1 Å². The molecule has 0 bridgehead atoms. The molecule has 0 saturated carbocycles. The third kappa shape index (κ3) is 4.02. The Morgan fingerprint density at radius 2 is 2.03 bits per heavy atom. The summed E-state index contributed by atoms with van der Waals surface area (Å²) >= 11 is 1.52. The van der Waals surface area contributed by atoms with Crippen molar-refractivity contribution in [2.24, 2.45) is 0 Å². The van der Waals surface area contributed by atoms with Gasteiger partial charge in [0, 0.05) is 48.8 Å². The van der Waals surface area contributed by atoms with Gasteiger partial charge in [0.1, 0.15) is 5.69 Å². The molecule has 1 aliphatic rings. The second-order valence-corrected chi connectivity index (χ2v) is 8.27. The summed E-state index contributed by atoms with van der Waals surface area (Å²) in [5.41, 5.74) is 4.39. The zero-order valence-electron chi connectivity index (χ0n) is 16.3.